The maximum Gasteiger partial charge on any atom is 0.110 e. The zero-order valence-corrected chi connectivity index (χ0v) is 14.5. The fourth-order valence-electron chi connectivity index (χ4n) is 3.41. The molecule has 0 unspecified atom stereocenters. The van der Waals surface area contributed by atoms with Crippen LogP contribution in [-0.2, 0) is 6.42 Å². The third-order valence-electron chi connectivity index (χ3n) is 4.65. The highest BCUT2D eigenvalue weighted by Gasteiger charge is 2.20. The van der Waals surface area contributed by atoms with Crippen molar-refractivity contribution in [1.29, 1.82) is 0 Å². The lowest BCUT2D eigenvalue weighted by Crippen LogP contribution is -2.05. The summed E-state index contributed by atoms with van der Waals surface area (Å²) in [4.78, 5) is 4.83. The van der Waals surface area contributed by atoms with E-state index in [-0.39, 0.29) is 0 Å². The highest BCUT2D eigenvalue weighted by atomic mass is 15.1. The Morgan fingerprint density at radius 3 is 2.70 bits per heavy atom. The topological polar surface area (TPSA) is 17.8 Å². The number of fused-ring (bicyclic) bond motifs is 1. The van der Waals surface area contributed by atoms with Crippen molar-refractivity contribution in [2.75, 3.05) is 0 Å². The van der Waals surface area contributed by atoms with E-state index in [4.69, 9.17) is 4.98 Å². The SMILES string of the molecule is C/C=C(\CCCC)n1c(C)nc2c1C=C(c1ccccc1)CC2. The van der Waals surface area contributed by atoms with Gasteiger partial charge in [-0.2, -0.15) is 0 Å². The van der Waals surface area contributed by atoms with Gasteiger partial charge < -0.3 is 4.57 Å². The van der Waals surface area contributed by atoms with Gasteiger partial charge in [0, 0.05) is 5.70 Å². The minimum absolute atomic E-state index is 1.04. The lowest BCUT2D eigenvalue weighted by molar-refractivity contribution is 0.787. The molecule has 0 N–H and O–H groups in total. The molecular formula is C21H26N2. The zero-order chi connectivity index (χ0) is 16.2. The predicted octanol–water partition coefficient (Wildman–Crippen LogP) is 5.73. The van der Waals surface area contributed by atoms with Crippen LogP contribution in [0.4, 0.5) is 0 Å². The highest BCUT2D eigenvalue weighted by Crippen LogP contribution is 2.33. The summed E-state index contributed by atoms with van der Waals surface area (Å²) in [7, 11) is 0. The Kier molecular flexibility index (Phi) is 4.80. The fourth-order valence-corrected chi connectivity index (χ4v) is 3.41. The molecule has 0 spiro atoms. The number of allylic oxidation sites excluding steroid dienone is 3. The van der Waals surface area contributed by atoms with E-state index in [1.165, 1.54) is 41.1 Å². The average molecular weight is 306 g/mol. The van der Waals surface area contributed by atoms with Crippen LogP contribution < -0.4 is 0 Å². The second-order valence-corrected chi connectivity index (χ2v) is 6.25. The number of hydrogen-bond acceptors (Lipinski definition) is 1. The Balaban J connectivity index is 2.03. The third-order valence-corrected chi connectivity index (χ3v) is 4.65. The second kappa shape index (κ2) is 6.99. The molecule has 1 aliphatic rings. The van der Waals surface area contributed by atoms with E-state index in [1.54, 1.807) is 0 Å². The van der Waals surface area contributed by atoms with E-state index < -0.39 is 0 Å². The maximum absolute atomic E-state index is 4.83. The van der Waals surface area contributed by atoms with Gasteiger partial charge >= 0.3 is 0 Å². The van der Waals surface area contributed by atoms with Crippen LogP contribution in [0.5, 0.6) is 0 Å². The standard InChI is InChI=1S/C21H26N2/c1-4-6-12-19(5-2)23-16(3)22-20-14-13-18(15-21(20)23)17-10-8-7-9-11-17/h5,7-11,15H,4,6,12-14H2,1-3H3/b19-5+. The molecule has 120 valence electrons. The molecule has 2 aromatic rings. The van der Waals surface area contributed by atoms with Crippen molar-refractivity contribution in [3.63, 3.8) is 0 Å². The van der Waals surface area contributed by atoms with Crippen LogP contribution in [0, 0.1) is 6.92 Å². The van der Waals surface area contributed by atoms with E-state index in [1.807, 2.05) is 0 Å². The summed E-state index contributed by atoms with van der Waals surface area (Å²) in [6.07, 6.45) is 10.3. The van der Waals surface area contributed by atoms with Crippen LogP contribution in [0.25, 0.3) is 17.3 Å². The summed E-state index contributed by atoms with van der Waals surface area (Å²) in [5.74, 6) is 1.12. The van der Waals surface area contributed by atoms with Crippen molar-refractivity contribution in [2.24, 2.45) is 0 Å². The molecule has 0 saturated heterocycles. The van der Waals surface area contributed by atoms with E-state index in [2.05, 4.69) is 67.8 Å². The fraction of sp³-hybridized carbons (Fsp3) is 0.381. The number of nitrogens with zero attached hydrogens (tertiary/aromatic N) is 2. The van der Waals surface area contributed by atoms with Crippen molar-refractivity contribution in [3.8, 4) is 0 Å². The maximum atomic E-state index is 4.83. The van der Waals surface area contributed by atoms with Crippen LogP contribution in [0.3, 0.4) is 0 Å². The summed E-state index contributed by atoms with van der Waals surface area (Å²) in [5.41, 5.74) is 6.67. The van der Waals surface area contributed by atoms with Gasteiger partial charge in [-0.15, -0.1) is 0 Å². The van der Waals surface area contributed by atoms with Gasteiger partial charge in [0.25, 0.3) is 0 Å². The third kappa shape index (κ3) is 3.17. The van der Waals surface area contributed by atoms with Gasteiger partial charge in [0.05, 0.1) is 11.4 Å². The Morgan fingerprint density at radius 2 is 2.00 bits per heavy atom. The van der Waals surface area contributed by atoms with Crippen molar-refractivity contribution in [2.45, 2.75) is 52.9 Å². The summed E-state index contributed by atoms with van der Waals surface area (Å²) in [6, 6.07) is 10.7. The Bertz CT molecular complexity index is 733. The number of hydrogen-bond donors (Lipinski definition) is 0. The molecule has 1 heterocycles. The summed E-state index contributed by atoms with van der Waals surface area (Å²) in [5, 5.41) is 0. The van der Waals surface area contributed by atoms with E-state index in [0.29, 0.717) is 0 Å². The molecule has 1 aromatic carbocycles. The number of rotatable bonds is 5. The van der Waals surface area contributed by atoms with Crippen LogP contribution in [-0.4, -0.2) is 9.55 Å². The Morgan fingerprint density at radius 1 is 1.22 bits per heavy atom. The molecule has 3 rings (SSSR count). The molecule has 1 aromatic heterocycles. The number of aryl methyl sites for hydroxylation is 2. The minimum Gasteiger partial charge on any atom is -0.301 e. The summed E-state index contributed by atoms with van der Waals surface area (Å²) in [6.45, 7) is 6.52. The van der Waals surface area contributed by atoms with Gasteiger partial charge in [-0.1, -0.05) is 49.8 Å². The first-order valence-corrected chi connectivity index (χ1v) is 8.74. The predicted molar refractivity (Wildman–Crippen MR) is 99.1 cm³/mol. The molecule has 2 nitrogen and oxygen atoms in total. The van der Waals surface area contributed by atoms with Crippen molar-refractivity contribution >= 4 is 17.3 Å². The first kappa shape index (κ1) is 15.8. The first-order chi connectivity index (χ1) is 11.2. The van der Waals surface area contributed by atoms with Crippen LogP contribution >= 0.6 is 0 Å². The Hall–Kier alpha value is -2.09. The number of benzene rings is 1. The first-order valence-electron chi connectivity index (χ1n) is 8.74. The molecule has 0 atom stereocenters. The summed E-state index contributed by atoms with van der Waals surface area (Å²) >= 11 is 0. The lowest BCUT2D eigenvalue weighted by Gasteiger charge is -2.17. The van der Waals surface area contributed by atoms with Crippen LogP contribution in [0.2, 0.25) is 0 Å². The molecule has 0 saturated carbocycles. The molecule has 0 radical (unpaired) electrons. The molecule has 0 fully saturated rings. The van der Waals surface area contributed by atoms with E-state index >= 15 is 0 Å². The van der Waals surface area contributed by atoms with Gasteiger partial charge in [-0.25, -0.2) is 4.98 Å². The molecular weight excluding hydrogens is 280 g/mol. The molecule has 23 heavy (non-hydrogen) atoms. The van der Waals surface area contributed by atoms with Crippen molar-refractivity contribution in [1.82, 2.24) is 9.55 Å². The number of unbranched alkanes of at least 4 members (excludes halogenated alkanes) is 1. The lowest BCUT2D eigenvalue weighted by atomic mass is 9.94. The van der Waals surface area contributed by atoms with Crippen molar-refractivity contribution < 1.29 is 0 Å². The molecule has 2 heteroatoms. The van der Waals surface area contributed by atoms with Gasteiger partial charge in [0.2, 0.25) is 0 Å². The van der Waals surface area contributed by atoms with Gasteiger partial charge in [-0.05, 0) is 56.7 Å². The van der Waals surface area contributed by atoms with Crippen molar-refractivity contribution in [3.05, 3.63) is 59.2 Å². The quantitative estimate of drug-likeness (QED) is 0.690. The second-order valence-electron chi connectivity index (χ2n) is 6.25. The largest absolute Gasteiger partial charge is 0.301 e. The normalized spacial score (nSPS) is 14.6. The minimum atomic E-state index is 1.04. The van der Waals surface area contributed by atoms with Gasteiger partial charge in [0.15, 0.2) is 0 Å². The molecule has 0 aliphatic heterocycles. The highest BCUT2D eigenvalue weighted by molar-refractivity contribution is 5.84. The van der Waals surface area contributed by atoms with E-state index in [9.17, 15) is 0 Å². The smallest absolute Gasteiger partial charge is 0.110 e. The molecule has 1 aliphatic carbocycles. The van der Waals surface area contributed by atoms with Crippen LogP contribution in [0.1, 0.15) is 62.3 Å². The monoisotopic (exact) mass is 306 g/mol. The summed E-state index contributed by atoms with van der Waals surface area (Å²) < 4.78 is 2.37. The number of imidazole rings is 1. The van der Waals surface area contributed by atoms with Gasteiger partial charge in [0.1, 0.15) is 5.82 Å². The molecule has 0 bridgehead atoms. The number of aromatic nitrogens is 2. The van der Waals surface area contributed by atoms with E-state index in [0.717, 1.165) is 25.1 Å². The van der Waals surface area contributed by atoms with Gasteiger partial charge in [-0.3, -0.25) is 0 Å². The van der Waals surface area contributed by atoms with Crippen LogP contribution in [0.15, 0.2) is 36.4 Å². The average Bonchev–Trinajstić information content (AvgIpc) is 2.92. The Labute approximate surface area is 139 Å². The molecule has 0 amide bonds. The zero-order valence-electron chi connectivity index (χ0n) is 14.5.